The summed E-state index contributed by atoms with van der Waals surface area (Å²) in [5.74, 6) is 1.46. The van der Waals surface area contributed by atoms with Crippen LogP contribution in [0.3, 0.4) is 0 Å². The third-order valence-corrected chi connectivity index (χ3v) is 5.93. The van der Waals surface area contributed by atoms with Crippen molar-refractivity contribution in [3.63, 3.8) is 0 Å². The highest BCUT2D eigenvalue weighted by Crippen LogP contribution is 2.36. The van der Waals surface area contributed by atoms with Gasteiger partial charge in [-0.15, -0.1) is 11.8 Å². The molecular weight excluding hydrogens is 272 g/mol. The minimum Gasteiger partial charge on any atom is -0.353 e. The molecule has 3 fully saturated rings. The SMILES string of the molecule is O=C(CSC1CC1)NCC1(NC(=O)CC2CCC2)CC1. The van der Waals surface area contributed by atoms with Crippen molar-refractivity contribution in [3.05, 3.63) is 0 Å². The molecule has 5 heteroatoms. The Morgan fingerprint density at radius 3 is 2.40 bits per heavy atom. The van der Waals surface area contributed by atoms with E-state index in [1.54, 1.807) is 11.8 Å². The lowest BCUT2D eigenvalue weighted by molar-refractivity contribution is -0.124. The van der Waals surface area contributed by atoms with Crippen molar-refractivity contribution < 1.29 is 9.59 Å². The van der Waals surface area contributed by atoms with Crippen LogP contribution in [0.1, 0.15) is 51.4 Å². The Kier molecular flexibility index (Phi) is 4.24. The number of amides is 2. The molecule has 0 aliphatic heterocycles. The van der Waals surface area contributed by atoms with Crippen LogP contribution in [-0.4, -0.2) is 34.9 Å². The highest BCUT2D eigenvalue weighted by Gasteiger charge is 2.44. The molecule has 0 radical (unpaired) electrons. The summed E-state index contributed by atoms with van der Waals surface area (Å²) in [5, 5.41) is 6.84. The Morgan fingerprint density at radius 1 is 1.10 bits per heavy atom. The largest absolute Gasteiger partial charge is 0.353 e. The highest BCUT2D eigenvalue weighted by molar-refractivity contribution is 8.00. The molecule has 20 heavy (non-hydrogen) atoms. The van der Waals surface area contributed by atoms with Crippen LogP contribution in [0.15, 0.2) is 0 Å². The number of carbonyl (C=O) groups is 2. The van der Waals surface area contributed by atoms with Gasteiger partial charge in [0.2, 0.25) is 11.8 Å². The molecule has 0 spiro atoms. The summed E-state index contributed by atoms with van der Waals surface area (Å²) in [4.78, 5) is 23.7. The molecule has 3 rings (SSSR count). The number of hydrogen-bond acceptors (Lipinski definition) is 3. The van der Waals surface area contributed by atoms with E-state index in [9.17, 15) is 9.59 Å². The molecule has 0 aromatic rings. The lowest BCUT2D eigenvalue weighted by Crippen LogP contribution is -2.46. The van der Waals surface area contributed by atoms with E-state index in [2.05, 4.69) is 10.6 Å². The second-order valence-electron chi connectivity index (χ2n) is 6.62. The van der Waals surface area contributed by atoms with Crippen LogP contribution in [0.25, 0.3) is 0 Å². The maximum atomic E-state index is 11.9. The van der Waals surface area contributed by atoms with Gasteiger partial charge < -0.3 is 10.6 Å². The number of nitrogens with one attached hydrogen (secondary N) is 2. The molecule has 2 N–H and O–H groups in total. The quantitative estimate of drug-likeness (QED) is 0.718. The van der Waals surface area contributed by atoms with Crippen LogP contribution >= 0.6 is 11.8 Å². The first kappa shape index (κ1) is 14.2. The Labute approximate surface area is 124 Å². The van der Waals surface area contributed by atoms with Gasteiger partial charge in [-0.3, -0.25) is 9.59 Å². The second-order valence-corrected chi connectivity index (χ2v) is 7.91. The Hall–Kier alpha value is -0.710. The minimum absolute atomic E-state index is 0.112. The van der Waals surface area contributed by atoms with E-state index in [1.807, 2.05) is 0 Å². The van der Waals surface area contributed by atoms with Crippen LogP contribution in [0.2, 0.25) is 0 Å². The van der Waals surface area contributed by atoms with Crippen molar-refractivity contribution >= 4 is 23.6 Å². The fraction of sp³-hybridized carbons (Fsp3) is 0.867. The molecule has 0 saturated heterocycles. The van der Waals surface area contributed by atoms with E-state index >= 15 is 0 Å². The number of thioether (sulfide) groups is 1. The maximum Gasteiger partial charge on any atom is 0.230 e. The molecule has 0 unspecified atom stereocenters. The third kappa shape index (κ3) is 4.14. The van der Waals surface area contributed by atoms with Gasteiger partial charge in [0, 0.05) is 18.2 Å². The monoisotopic (exact) mass is 296 g/mol. The maximum absolute atomic E-state index is 11.9. The minimum atomic E-state index is -0.124. The lowest BCUT2D eigenvalue weighted by Gasteiger charge is -2.26. The van der Waals surface area contributed by atoms with Crippen LogP contribution in [0.5, 0.6) is 0 Å². The fourth-order valence-electron chi connectivity index (χ4n) is 2.55. The van der Waals surface area contributed by atoms with Gasteiger partial charge in [0.25, 0.3) is 0 Å². The topological polar surface area (TPSA) is 58.2 Å². The van der Waals surface area contributed by atoms with Crippen molar-refractivity contribution in [2.24, 2.45) is 5.92 Å². The van der Waals surface area contributed by atoms with Crippen molar-refractivity contribution in [1.29, 1.82) is 0 Å². The van der Waals surface area contributed by atoms with Crippen molar-refractivity contribution in [2.75, 3.05) is 12.3 Å². The van der Waals surface area contributed by atoms with E-state index in [0.29, 0.717) is 24.6 Å². The molecule has 3 aliphatic rings. The Morgan fingerprint density at radius 2 is 1.85 bits per heavy atom. The first-order chi connectivity index (χ1) is 9.65. The Bertz CT molecular complexity index is 387. The van der Waals surface area contributed by atoms with Crippen LogP contribution < -0.4 is 10.6 Å². The predicted octanol–water partition coefficient (Wildman–Crippen LogP) is 1.84. The van der Waals surface area contributed by atoms with Gasteiger partial charge in [-0.05, 0) is 44.4 Å². The summed E-state index contributed by atoms with van der Waals surface area (Å²) >= 11 is 1.75. The van der Waals surface area contributed by atoms with Gasteiger partial charge in [-0.25, -0.2) is 0 Å². The van der Waals surface area contributed by atoms with Crippen LogP contribution in [0, 0.1) is 5.92 Å². The standard InChI is InChI=1S/C15H24N2O2S/c18-13(8-11-2-1-3-11)17-15(6-7-15)10-16-14(19)9-20-12-4-5-12/h11-12H,1-10H2,(H,16,19)(H,17,18). The van der Waals surface area contributed by atoms with Crippen molar-refractivity contribution in [2.45, 2.75) is 62.2 Å². The average Bonchev–Trinajstić information content (AvgIpc) is 3.25. The summed E-state index contributed by atoms with van der Waals surface area (Å²) in [7, 11) is 0. The van der Waals surface area contributed by atoms with Crippen molar-refractivity contribution in [3.8, 4) is 0 Å². The molecule has 0 aromatic carbocycles. The molecule has 4 nitrogen and oxygen atoms in total. The zero-order valence-electron chi connectivity index (χ0n) is 12.0. The van der Waals surface area contributed by atoms with Crippen LogP contribution in [0.4, 0.5) is 0 Å². The zero-order chi connectivity index (χ0) is 14.0. The number of hydrogen-bond donors (Lipinski definition) is 2. The molecular formula is C15H24N2O2S. The summed E-state index contributed by atoms with van der Waals surface area (Å²) in [6.07, 6.45) is 8.88. The first-order valence-electron chi connectivity index (χ1n) is 7.85. The van der Waals surface area contributed by atoms with E-state index in [4.69, 9.17) is 0 Å². The number of rotatable bonds is 8. The van der Waals surface area contributed by atoms with Crippen molar-refractivity contribution in [1.82, 2.24) is 10.6 Å². The molecule has 0 atom stereocenters. The second kappa shape index (κ2) is 5.96. The molecule has 112 valence electrons. The molecule has 0 heterocycles. The molecule has 2 amide bonds. The van der Waals surface area contributed by atoms with Crippen LogP contribution in [-0.2, 0) is 9.59 Å². The van der Waals surface area contributed by atoms with E-state index in [0.717, 1.165) is 18.1 Å². The number of carbonyl (C=O) groups excluding carboxylic acids is 2. The van der Waals surface area contributed by atoms with Gasteiger partial charge in [0.05, 0.1) is 11.3 Å². The zero-order valence-corrected chi connectivity index (χ0v) is 12.8. The summed E-state index contributed by atoms with van der Waals surface area (Å²) in [5.41, 5.74) is -0.124. The van der Waals surface area contributed by atoms with Gasteiger partial charge in [-0.2, -0.15) is 0 Å². The third-order valence-electron chi connectivity index (χ3n) is 4.56. The first-order valence-corrected chi connectivity index (χ1v) is 8.89. The highest BCUT2D eigenvalue weighted by atomic mass is 32.2. The fourth-order valence-corrected chi connectivity index (χ4v) is 3.51. The normalized spacial score (nSPS) is 23.8. The van der Waals surface area contributed by atoms with E-state index < -0.39 is 0 Å². The predicted molar refractivity (Wildman–Crippen MR) is 80.6 cm³/mol. The van der Waals surface area contributed by atoms with Gasteiger partial charge in [0.1, 0.15) is 0 Å². The van der Waals surface area contributed by atoms with Gasteiger partial charge in [0.15, 0.2) is 0 Å². The molecule has 3 aliphatic carbocycles. The van der Waals surface area contributed by atoms with E-state index in [1.165, 1.54) is 32.1 Å². The average molecular weight is 296 g/mol. The summed E-state index contributed by atoms with van der Waals surface area (Å²) in [6, 6.07) is 0. The van der Waals surface area contributed by atoms with Gasteiger partial charge >= 0.3 is 0 Å². The molecule has 0 aromatic heterocycles. The van der Waals surface area contributed by atoms with Gasteiger partial charge in [-0.1, -0.05) is 6.42 Å². The lowest BCUT2D eigenvalue weighted by atomic mass is 9.83. The summed E-state index contributed by atoms with van der Waals surface area (Å²) in [6.45, 7) is 0.605. The summed E-state index contributed by atoms with van der Waals surface area (Å²) < 4.78 is 0. The Balaban J connectivity index is 1.32. The van der Waals surface area contributed by atoms with E-state index in [-0.39, 0.29) is 17.4 Å². The molecule has 3 saturated carbocycles. The smallest absolute Gasteiger partial charge is 0.230 e. The molecule has 0 bridgehead atoms.